The smallest absolute Gasteiger partial charge is 0.228 e. The fraction of sp³-hybridized carbons (Fsp3) is 0.889. The van der Waals surface area contributed by atoms with Crippen LogP contribution in [0.4, 0.5) is 0 Å². The Bertz CT molecular complexity index is 218. The minimum atomic E-state index is -0.249. The molecule has 0 radical (unpaired) electrons. The van der Waals surface area contributed by atoms with E-state index in [0.29, 0.717) is 19.7 Å². The van der Waals surface area contributed by atoms with Gasteiger partial charge in [0.25, 0.3) is 0 Å². The lowest BCUT2D eigenvalue weighted by Gasteiger charge is -2.36. The molecule has 2 fully saturated rings. The van der Waals surface area contributed by atoms with Crippen molar-refractivity contribution in [1.29, 1.82) is 0 Å². The van der Waals surface area contributed by atoms with Crippen LogP contribution < -0.4 is 5.32 Å². The Morgan fingerprint density at radius 2 is 2.36 bits per heavy atom. The van der Waals surface area contributed by atoms with Gasteiger partial charge in [-0.2, -0.15) is 0 Å². The van der Waals surface area contributed by atoms with E-state index in [2.05, 4.69) is 5.32 Å². The molecular formula is C9H16N2O3. The third kappa shape index (κ3) is 1.89. The Morgan fingerprint density at radius 1 is 1.57 bits per heavy atom. The molecule has 1 amide bonds. The molecule has 2 saturated heterocycles. The molecule has 2 heterocycles. The predicted octanol–water partition coefficient (Wildman–Crippen LogP) is -0.963. The number of morpholine rings is 1. The summed E-state index contributed by atoms with van der Waals surface area (Å²) in [5.41, 5.74) is 0. The van der Waals surface area contributed by atoms with E-state index in [-0.39, 0.29) is 18.1 Å². The van der Waals surface area contributed by atoms with Crippen molar-refractivity contribution in [2.24, 2.45) is 5.92 Å². The molecule has 5 nitrogen and oxygen atoms in total. The standard InChI is InChI=1S/C9H16N2O3/c1-13-8-6-11(2-3-14-8)9(12)7-4-10-5-7/h7-8,10H,2-6H2,1H3/t8-/m1/s1. The highest BCUT2D eigenvalue weighted by molar-refractivity contribution is 5.80. The van der Waals surface area contributed by atoms with Gasteiger partial charge < -0.3 is 19.7 Å². The van der Waals surface area contributed by atoms with Crippen LogP contribution in [-0.4, -0.2) is 57.0 Å². The summed E-state index contributed by atoms with van der Waals surface area (Å²) in [4.78, 5) is 13.7. The lowest BCUT2D eigenvalue weighted by molar-refractivity contribution is -0.177. The third-order valence-corrected chi connectivity index (χ3v) is 2.74. The minimum absolute atomic E-state index is 0.172. The summed E-state index contributed by atoms with van der Waals surface area (Å²) in [5.74, 6) is 0.403. The Kier molecular flexibility index (Phi) is 3.00. The molecule has 0 saturated carbocycles. The fourth-order valence-corrected chi connectivity index (χ4v) is 1.68. The quantitative estimate of drug-likeness (QED) is 0.623. The van der Waals surface area contributed by atoms with Crippen LogP contribution >= 0.6 is 0 Å². The number of methoxy groups -OCH3 is 1. The van der Waals surface area contributed by atoms with Crippen molar-refractivity contribution in [3.63, 3.8) is 0 Å². The molecule has 0 bridgehead atoms. The van der Waals surface area contributed by atoms with Gasteiger partial charge in [-0.3, -0.25) is 4.79 Å². The van der Waals surface area contributed by atoms with E-state index in [1.54, 1.807) is 7.11 Å². The summed E-state index contributed by atoms with van der Waals surface area (Å²) in [6.45, 7) is 3.45. The number of hydrogen-bond acceptors (Lipinski definition) is 4. The van der Waals surface area contributed by atoms with Crippen molar-refractivity contribution in [3.8, 4) is 0 Å². The molecule has 2 aliphatic rings. The average molecular weight is 200 g/mol. The van der Waals surface area contributed by atoms with Gasteiger partial charge in [0.15, 0.2) is 6.29 Å². The number of carbonyl (C=O) groups is 1. The van der Waals surface area contributed by atoms with E-state index >= 15 is 0 Å². The highest BCUT2D eigenvalue weighted by atomic mass is 16.7. The van der Waals surface area contributed by atoms with Crippen LogP contribution in [0.5, 0.6) is 0 Å². The van der Waals surface area contributed by atoms with E-state index in [4.69, 9.17) is 9.47 Å². The van der Waals surface area contributed by atoms with Crippen LogP contribution in [0, 0.1) is 5.92 Å². The molecule has 0 unspecified atom stereocenters. The molecular weight excluding hydrogens is 184 g/mol. The van der Waals surface area contributed by atoms with Crippen LogP contribution in [0.15, 0.2) is 0 Å². The summed E-state index contributed by atoms with van der Waals surface area (Å²) in [7, 11) is 1.60. The monoisotopic (exact) mass is 200 g/mol. The molecule has 80 valence electrons. The summed E-state index contributed by atoms with van der Waals surface area (Å²) in [5, 5.41) is 3.10. The first kappa shape index (κ1) is 9.89. The zero-order chi connectivity index (χ0) is 9.97. The van der Waals surface area contributed by atoms with Gasteiger partial charge in [0, 0.05) is 26.7 Å². The zero-order valence-electron chi connectivity index (χ0n) is 8.36. The number of hydrogen-bond donors (Lipinski definition) is 1. The largest absolute Gasteiger partial charge is 0.354 e. The maximum absolute atomic E-state index is 11.8. The van der Waals surface area contributed by atoms with Crippen molar-refractivity contribution in [2.75, 3.05) is 39.9 Å². The van der Waals surface area contributed by atoms with Crippen LogP contribution in [-0.2, 0) is 14.3 Å². The SMILES string of the molecule is CO[C@H]1CN(C(=O)C2CNC2)CCO1. The average Bonchev–Trinajstić information content (AvgIpc) is 2.15. The maximum Gasteiger partial charge on any atom is 0.228 e. The van der Waals surface area contributed by atoms with Crippen LogP contribution in [0.2, 0.25) is 0 Å². The Labute approximate surface area is 83.3 Å². The molecule has 5 heteroatoms. The van der Waals surface area contributed by atoms with Gasteiger partial charge in [0.05, 0.1) is 19.1 Å². The molecule has 0 aromatic rings. The van der Waals surface area contributed by atoms with Crippen LogP contribution in [0.25, 0.3) is 0 Å². The number of nitrogens with one attached hydrogen (secondary N) is 1. The molecule has 1 N–H and O–H groups in total. The van der Waals surface area contributed by atoms with Crippen molar-refractivity contribution in [2.45, 2.75) is 6.29 Å². The zero-order valence-corrected chi connectivity index (χ0v) is 8.36. The minimum Gasteiger partial charge on any atom is -0.354 e. The molecule has 0 aliphatic carbocycles. The first-order chi connectivity index (χ1) is 6.81. The van der Waals surface area contributed by atoms with Crippen molar-refractivity contribution in [1.82, 2.24) is 10.2 Å². The topological polar surface area (TPSA) is 50.8 Å². The van der Waals surface area contributed by atoms with Crippen LogP contribution in [0.1, 0.15) is 0 Å². The number of carbonyl (C=O) groups excluding carboxylic acids is 1. The molecule has 0 aromatic carbocycles. The molecule has 1 atom stereocenters. The molecule has 0 aromatic heterocycles. The van der Waals surface area contributed by atoms with Gasteiger partial charge in [0.1, 0.15) is 0 Å². The highest BCUT2D eigenvalue weighted by Crippen LogP contribution is 2.12. The Morgan fingerprint density at radius 3 is 2.93 bits per heavy atom. The second-order valence-electron chi connectivity index (χ2n) is 3.68. The summed E-state index contributed by atoms with van der Waals surface area (Å²) in [6.07, 6.45) is -0.249. The lowest BCUT2D eigenvalue weighted by Crippen LogP contribution is -2.55. The van der Waals surface area contributed by atoms with E-state index in [0.717, 1.165) is 13.1 Å². The second kappa shape index (κ2) is 4.25. The predicted molar refractivity (Wildman–Crippen MR) is 49.7 cm³/mol. The van der Waals surface area contributed by atoms with E-state index < -0.39 is 0 Å². The van der Waals surface area contributed by atoms with E-state index in [9.17, 15) is 4.79 Å². The highest BCUT2D eigenvalue weighted by Gasteiger charge is 2.32. The van der Waals surface area contributed by atoms with Crippen molar-refractivity contribution in [3.05, 3.63) is 0 Å². The van der Waals surface area contributed by atoms with Crippen molar-refractivity contribution >= 4 is 5.91 Å². The molecule has 14 heavy (non-hydrogen) atoms. The molecule has 0 spiro atoms. The van der Waals surface area contributed by atoms with Crippen LogP contribution in [0.3, 0.4) is 0 Å². The molecule has 2 rings (SSSR count). The first-order valence-corrected chi connectivity index (χ1v) is 4.95. The summed E-state index contributed by atoms with van der Waals surface area (Å²) < 4.78 is 10.4. The number of nitrogens with zero attached hydrogens (tertiary/aromatic N) is 1. The third-order valence-electron chi connectivity index (χ3n) is 2.74. The van der Waals surface area contributed by atoms with Gasteiger partial charge in [-0.25, -0.2) is 0 Å². The van der Waals surface area contributed by atoms with Gasteiger partial charge in [-0.15, -0.1) is 0 Å². The number of ether oxygens (including phenoxy) is 2. The van der Waals surface area contributed by atoms with Gasteiger partial charge in [0.2, 0.25) is 5.91 Å². The number of rotatable bonds is 2. The summed E-state index contributed by atoms with van der Waals surface area (Å²) in [6, 6.07) is 0. The van der Waals surface area contributed by atoms with Gasteiger partial charge in [-0.05, 0) is 0 Å². The summed E-state index contributed by atoms with van der Waals surface area (Å²) >= 11 is 0. The van der Waals surface area contributed by atoms with Crippen molar-refractivity contribution < 1.29 is 14.3 Å². The maximum atomic E-state index is 11.8. The Balaban J connectivity index is 1.86. The Hall–Kier alpha value is -0.650. The normalized spacial score (nSPS) is 28.6. The second-order valence-corrected chi connectivity index (χ2v) is 3.68. The number of amides is 1. The first-order valence-electron chi connectivity index (χ1n) is 4.95. The van der Waals surface area contributed by atoms with Gasteiger partial charge >= 0.3 is 0 Å². The van der Waals surface area contributed by atoms with E-state index in [1.807, 2.05) is 4.90 Å². The lowest BCUT2D eigenvalue weighted by atomic mass is 10.0. The molecule has 2 aliphatic heterocycles. The fourth-order valence-electron chi connectivity index (χ4n) is 1.68. The van der Waals surface area contributed by atoms with E-state index in [1.165, 1.54) is 0 Å². The van der Waals surface area contributed by atoms with Gasteiger partial charge in [-0.1, -0.05) is 0 Å².